The molecule has 1 aliphatic rings. The molecule has 1 fully saturated rings. The molecule has 5 rings (SSSR count). The first-order valence-corrected chi connectivity index (χ1v) is 14.4. The lowest BCUT2D eigenvalue weighted by Gasteiger charge is -2.21. The van der Waals surface area contributed by atoms with Crippen LogP contribution in [-0.2, 0) is 36.3 Å². The summed E-state index contributed by atoms with van der Waals surface area (Å²) in [6.45, 7) is 1.05. The number of nitrogens with zero attached hydrogens (tertiary/aromatic N) is 3. The van der Waals surface area contributed by atoms with Crippen molar-refractivity contribution in [1.29, 1.82) is 5.41 Å². The predicted octanol–water partition coefficient (Wildman–Crippen LogP) is 4.08. The molecule has 1 atom stereocenters. The lowest BCUT2D eigenvalue weighted by Crippen LogP contribution is -2.27. The molecule has 1 aliphatic heterocycles. The van der Waals surface area contributed by atoms with Crippen molar-refractivity contribution in [2.24, 2.45) is 12.8 Å². The van der Waals surface area contributed by atoms with Gasteiger partial charge in [0.05, 0.1) is 21.6 Å². The lowest BCUT2D eigenvalue weighted by molar-refractivity contribution is 0.308. The van der Waals surface area contributed by atoms with Gasteiger partial charge in [0.25, 0.3) is 10.0 Å². The van der Waals surface area contributed by atoms with E-state index in [0.717, 1.165) is 60.2 Å². The zero-order valence-corrected chi connectivity index (χ0v) is 22.6. The third-order valence-electron chi connectivity index (χ3n) is 7.52. The van der Waals surface area contributed by atoms with Gasteiger partial charge in [-0.25, -0.2) is 13.4 Å². The number of nitrogens with two attached hydrogens (primary N) is 1. The average Bonchev–Trinajstić information content (AvgIpc) is 3.44. The minimum atomic E-state index is -3.76. The molecule has 0 saturated carbocycles. The number of aromatic nitrogens is 2. The summed E-state index contributed by atoms with van der Waals surface area (Å²) in [7, 11) is 0.322. The van der Waals surface area contributed by atoms with Crippen molar-refractivity contribution in [3.8, 4) is 0 Å². The number of nitrogen functional groups attached to an aromatic ring is 1. The SMILES string of the molecule is CN1CCCC1Cc1ccccc1S(=O)(=O)Nc1ccc2c(c1)nc(CCc1ccc(C(=N)N)cc1)n2C. The molecule has 2 heterocycles. The highest BCUT2D eigenvalue weighted by Gasteiger charge is 2.25. The monoisotopic (exact) mass is 530 g/mol. The molecule has 9 heteroatoms. The van der Waals surface area contributed by atoms with E-state index in [4.69, 9.17) is 16.1 Å². The Morgan fingerprint density at radius 1 is 1.08 bits per heavy atom. The summed E-state index contributed by atoms with van der Waals surface area (Å²) in [5.41, 5.74) is 10.4. The third-order valence-corrected chi connectivity index (χ3v) is 9.00. The van der Waals surface area contributed by atoms with Crippen LogP contribution in [0.25, 0.3) is 11.0 Å². The molecule has 8 nitrogen and oxygen atoms in total. The first kappa shape index (κ1) is 25.9. The number of hydrogen-bond donors (Lipinski definition) is 3. The Hall–Kier alpha value is -3.69. The van der Waals surface area contributed by atoms with Crippen LogP contribution in [0.4, 0.5) is 5.69 Å². The number of aryl methyl sites for hydroxylation is 3. The van der Waals surface area contributed by atoms with Crippen LogP contribution < -0.4 is 10.5 Å². The number of amidine groups is 1. The summed E-state index contributed by atoms with van der Waals surface area (Å²) in [5, 5.41) is 7.54. The van der Waals surface area contributed by atoms with Crippen molar-refractivity contribution < 1.29 is 8.42 Å². The van der Waals surface area contributed by atoms with E-state index in [-0.39, 0.29) is 5.84 Å². The van der Waals surface area contributed by atoms with Gasteiger partial charge < -0.3 is 15.2 Å². The normalized spacial score (nSPS) is 16.2. The molecule has 1 unspecified atom stereocenters. The van der Waals surface area contributed by atoms with Gasteiger partial charge >= 0.3 is 0 Å². The number of sulfonamides is 1. The van der Waals surface area contributed by atoms with Gasteiger partial charge in [-0.05, 0) is 74.7 Å². The Kier molecular flexibility index (Phi) is 7.23. The van der Waals surface area contributed by atoms with E-state index in [1.54, 1.807) is 24.3 Å². The fourth-order valence-electron chi connectivity index (χ4n) is 5.28. The fraction of sp³-hybridized carbons (Fsp3) is 0.310. The van der Waals surface area contributed by atoms with E-state index in [1.165, 1.54) is 0 Å². The van der Waals surface area contributed by atoms with Crippen molar-refractivity contribution >= 4 is 32.6 Å². The zero-order valence-electron chi connectivity index (χ0n) is 21.8. The standard InChI is InChI=1S/C29H34N6O2S/c1-34-17-5-7-24(34)18-22-6-3-4-8-27(22)38(36,37)33-23-14-15-26-25(19-23)32-28(35(26)2)16-11-20-9-12-21(13-10-20)29(30)31/h3-4,6,8-10,12-15,19,24,33H,5,7,11,16-18H2,1-2H3,(H3,30,31). The molecule has 1 saturated heterocycles. The van der Waals surface area contributed by atoms with Gasteiger partial charge in [-0.3, -0.25) is 10.1 Å². The average molecular weight is 531 g/mol. The summed E-state index contributed by atoms with van der Waals surface area (Å²) in [5.74, 6) is 0.977. The Morgan fingerprint density at radius 3 is 2.55 bits per heavy atom. The minimum Gasteiger partial charge on any atom is -0.384 e. The molecular weight excluding hydrogens is 496 g/mol. The summed E-state index contributed by atoms with van der Waals surface area (Å²) >= 11 is 0. The number of anilines is 1. The van der Waals surface area contributed by atoms with Gasteiger partial charge in [0, 0.05) is 25.1 Å². The highest BCUT2D eigenvalue weighted by molar-refractivity contribution is 7.92. The van der Waals surface area contributed by atoms with Crippen LogP contribution in [-0.4, -0.2) is 48.3 Å². The van der Waals surface area contributed by atoms with Crippen molar-refractivity contribution in [2.45, 2.75) is 43.0 Å². The molecule has 0 spiro atoms. The van der Waals surface area contributed by atoms with Crippen LogP contribution >= 0.6 is 0 Å². The maximum absolute atomic E-state index is 13.4. The first-order valence-electron chi connectivity index (χ1n) is 12.9. The topological polar surface area (TPSA) is 117 Å². The minimum absolute atomic E-state index is 0.0586. The van der Waals surface area contributed by atoms with Crippen molar-refractivity contribution in [3.05, 3.63) is 89.2 Å². The Morgan fingerprint density at radius 2 is 1.84 bits per heavy atom. The second-order valence-corrected chi connectivity index (χ2v) is 11.7. The summed E-state index contributed by atoms with van der Waals surface area (Å²) < 4.78 is 31.7. The van der Waals surface area contributed by atoms with Gasteiger partial charge in [0.2, 0.25) is 0 Å². The molecule has 0 amide bonds. The smallest absolute Gasteiger partial charge is 0.262 e. The number of likely N-dealkylation sites (N-methyl/N-ethyl adjacent to an activating group) is 1. The highest BCUT2D eigenvalue weighted by atomic mass is 32.2. The van der Waals surface area contributed by atoms with Gasteiger partial charge in [-0.15, -0.1) is 0 Å². The van der Waals surface area contributed by atoms with Crippen LogP contribution in [0, 0.1) is 5.41 Å². The van der Waals surface area contributed by atoms with E-state index < -0.39 is 10.0 Å². The number of fused-ring (bicyclic) bond motifs is 1. The lowest BCUT2D eigenvalue weighted by atomic mass is 10.0. The summed E-state index contributed by atoms with van der Waals surface area (Å²) in [4.78, 5) is 7.44. The Bertz CT molecular complexity index is 1580. The van der Waals surface area contributed by atoms with Gasteiger partial charge in [0.1, 0.15) is 11.7 Å². The third kappa shape index (κ3) is 5.44. The zero-order chi connectivity index (χ0) is 26.9. The number of rotatable bonds is 9. The van der Waals surface area contributed by atoms with Gasteiger partial charge in [0.15, 0.2) is 0 Å². The number of hydrogen-bond acceptors (Lipinski definition) is 5. The van der Waals surface area contributed by atoms with Crippen LogP contribution in [0.15, 0.2) is 71.6 Å². The van der Waals surface area contributed by atoms with Crippen molar-refractivity contribution in [2.75, 3.05) is 18.3 Å². The van der Waals surface area contributed by atoms with E-state index in [1.807, 2.05) is 54.1 Å². The molecular formula is C29H34N6O2S. The van der Waals surface area contributed by atoms with E-state index in [9.17, 15) is 8.42 Å². The maximum atomic E-state index is 13.4. The van der Waals surface area contributed by atoms with E-state index in [2.05, 4.69) is 16.7 Å². The predicted molar refractivity (Wildman–Crippen MR) is 152 cm³/mol. The molecule has 0 radical (unpaired) electrons. The highest BCUT2D eigenvalue weighted by Crippen LogP contribution is 2.27. The largest absolute Gasteiger partial charge is 0.384 e. The molecule has 1 aromatic heterocycles. The van der Waals surface area contributed by atoms with E-state index >= 15 is 0 Å². The van der Waals surface area contributed by atoms with Gasteiger partial charge in [-0.2, -0.15) is 0 Å². The Balaban J connectivity index is 1.33. The van der Waals surface area contributed by atoms with Crippen molar-refractivity contribution in [3.63, 3.8) is 0 Å². The summed E-state index contributed by atoms with van der Waals surface area (Å²) in [6, 6.07) is 20.8. The van der Waals surface area contributed by atoms with Crippen LogP contribution in [0.2, 0.25) is 0 Å². The molecule has 4 N–H and O–H groups in total. The fourth-order valence-corrected chi connectivity index (χ4v) is 6.58. The number of likely N-dealkylation sites (tertiary alicyclic amines) is 1. The second-order valence-electron chi connectivity index (χ2n) is 10.1. The molecule has 0 bridgehead atoms. The van der Waals surface area contributed by atoms with Gasteiger partial charge in [-0.1, -0.05) is 42.5 Å². The molecule has 3 aromatic carbocycles. The number of benzene rings is 3. The maximum Gasteiger partial charge on any atom is 0.262 e. The number of nitrogens with one attached hydrogen (secondary N) is 2. The van der Waals surface area contributed by atoms with Crippen LogP contribution in [0.3, 0.4) is 0 Å². The molecule has 4 aromatic rings. The Labute approximate surface area is 224 Å². The first-order chi connectivity index (χ1) is 18.2. The quantitative estimate of drug-likeness (QED) is 0.223. The van der Waals surface area contributed by atoms with Crippen molar-refractivity contribution in [1.82, 2.24) is 14.5 Å². The molecule has 198 valence electrons. The van der Waals surface area contributed by atoms with Crippen LogP contribution in [0.1, 0.15) is 35.4 Å². The molecule has 0 aliphatic carbocycles. The summed E-state index contributed by atoms with van der Waals surface area (Å²) in [6.07, 6.45) is 4.47. The second kappa shape index (κ2) is 10.6. The van der Waals surface area contributed by atoms with E-state index in [0.29, 0.717) is 28.6 Å². The molecule has 38 heavy (non-hydrogen) atoms. The number of imidazole rings is 1. The van der Waals surface area contributed by atoms with Crippen LogP contribution in [0.5, 0.6) is 0 Å².